The number of benzene rings is 1. The minimum atomic E-state index is -0.348. The van der Waals surface area contributed by atoms with Gasteiger partial charge in [0.25, 0.3) is 11.8 Å². The van der Waals surface area contributed by atoms with Crippen LogP contribution >= 0.6 is 0 Å². The summed E-state index contributed by atoms with van der Waals surface area (Å²) in [6.07, 6.45) is 2.90. The Morgan fingerprint density at radius 3 is 2.78 bits per heavy atom. The molecule has 0 radical (unpaired) electrons. The van der Waals surface area contributed by atoms with E-state index in [4.69, 9.17) is 4.74 Å². The van der Waals surface area contributed by atoms with E-state index in [0.29, 0.717) is 24.5 Å². The van der Waals surface area contributed by atoms with Crippen molar-refractivity contribution in [2.45, 2.75) is 25.5 Å². The van der Waals surface area contributed by atoms with Crippen molar-refractivity contribution in [2.75, 3.05) is 31.3 Å². The van der Waals surface area contributed by atoms with Crippen LogP contribution in [0.25, 0.3) is 0 Å². The predicted molar refractivity (Wildman–Crippen MR) is 104 cm³/mol. The number of anilines is 2. The lowest BCUT2D eigenvalue weighted by molar-refractivity contribution is -0.124. The van der Waals surface area contributed by atoms with Gasteiger partial charge in [-0.2, -0.15) is 0 Å². The van der Waals surface area contributed by atoms with Crippen LogP contribution in [0.5, 0.6) is 0 Å². The van der Waals surface area contributed by atoms with Crippen LogP contribution in [0.2, 0.25) is 0 Å². The maximum atomic E-state index is 12.1. The summed E-state index contributed by atoms with van der Waals surface area (Å²) in [6, 6.07) is 11.2. The highest BCUT2D eigenvalue weighted by Crippen LogP contribution is 2.17. The number of hydrogen-bond donors (Lipinski definition) is 2. The van der Waals surface area contributed by atoms with Crippen molar-refractivity contribution >= 4 is 23.3 Å². The maximum Gasteiger partial charge on any atom is 0.254 e. The summed E-state index contributed by atoms with van der Waals surface area (Å²) >= 11 is 0. The number of rotatable bonds is 6. The maximum absolute atomic E-state index is 12.1. The third kappa shape index (κ3) is 5.04. The third-order valence-corrected chi connectivity index (χ3v) is 4.31. The molecular weight excluding hydrogens is 344 g/mol. The average molecular weight is 368 g/mol. The molecule has 1 aliphatic heterocycles. The first-order chi connectivity index (χ1) is 13.0. The summed E-state index contributed by atoms with van der Waals surface area (Å²) in [7, 11) is 3.41. The number of pyridine rings is 1. The molecule has 7 heteroatoms. The SMILES string of the molecule is CN(C)C(=O)c1ccc(NCc2cccc(NC(=O)[C@H]3CCCO3)c2)nc1. The van der Waals surface area contributed by atoms with Gasteiger partial charge in [0.1, 0.15) is 11.9 Å². The van der Waals surface area contributed by atoms with Crippen molar-refractivity contribution in [1.82, 2.24) is 9.88 Å². The fourth-order valence-corrected chi connectivity index (χ4v) is 2.84. The monoisotopic (exact) mass is 368 g/mol. The number of nitrogens with one attached hydrogen (secondary N) is 2. The Hall–Kier alpha value is -2.93. The summed E-state index contributed by atoms with van der Waals surface area (Å²) in [6.45, 7) is 1.20. The molecular formula is C20H24N4O3. The number of carbonyl (C=O) groups excluding carboxylic acids is 2. The van der Waals surface area contributed by atoms with E-state index in [-0.39, 0.29) is 17.9 Å². The number of aromatic nitrogens is 1. The van der Waals surface area contributed by atoms with Crippen LogP contribution in [-0.4, -0.2) is 48.5 Å². The molecule has 1 saturated heterocycles. The Morgan fingerprint density at radius 2 is 2.11 bits per heavy atom. The second-order valence-electron chi connectivity index (χ2n) is 6.68. The van der Waals surface area contributed by atoms with Crippen LogP contribution in [0.1, 0.15) is 28.8 Å². The van der Waals surface area contributed by atoms with Crippen molar-refractivity contribution in [2.24, 2.45) is 0 Å². The first-order valence-electron chi connectivity index (χ1n) is 8.96. The van der Waals surface area contributed by atoms with Gasteiger partial charge in [-0.05, 0) is 42.7 Å². The Balaban J connectivity index is 1.56. The summed E-state index contributed by atoms with van der Waals surface area (Å²) < 4.78 is 5.40. The van der Waals surface area contributed by atoms with E-state index in [0.717, 1.165) is 24.1 Å². The zero-order valence-electron chi connectivity index (χ0n) is 15.6. The van der Waals surface area contributed by atoms with Crippen molar-refractivity contribution in [3.63, 3.8) is 0 Å². The van der Waals surface area contributed by atoms with Crippen LogP contribution in [0.15, 0.2) is 42.6 Å². The van der Waals surface area contributed by atoms with Gasteiger partial charge in [-0.3, -0.25) is 9.59 Å². The minimum Gasteiger partial charge on any atom is -0.368 e. The Kier molecular flexibility index (Phi) is 6.03. The van der Waals surface area contributed by atoms with Crippen molar-refractivity contribution < 1.29 is 14.3 Å². The highest BCUT2D eigenvalue weighted by molar-refractivity contribution is 5.94. The van der Waals surface area contributed by atoms with Crippen molar-refractivity contribution in [1.29, 1.82) is 0 Å². The molecule has 2 N–H and O–H groups in total. The Morgan fingerprint density at radius 1 is 1.26 bits per heavy atom. The molecule has 0 bridgehead atoms. The molecule has 142 valence electrons. The van der Waals surface area contributed by atoms with Crippen LogP contribution in [0.3, 0.4) is 0 Å². The molecule has 1 atom stereocenters. The zero-order valence-corrected chi connectivity index (χ0v) is 15.6. The van der Waals surface area contributed by atoms with Crippen molar-refractivity contribution in [3.05, 3.63) is 53.7 Å². The van der Waals surface area contributed by atoms with Gasteiger partial charge in [-0.1, -0.05) is 12.1 Å². The average Bonchev–Trinajstić information content (AvgIpc) is 3.21. The van der Waals surface area contributed by atoms with Gasteiger partial charge in [-0.25, -0.2) is 4.98 Å². The van der Waals surface area contributed by atoms with E-state index in [9.17, 15) is 9.59 Å². The normalized spacial score (nSPS) is 16.0. The molecule has 0 unspecified atom stereocenters. The van der Waals surface area contributed by atoms with E-state index >= 15 is 0 Å². The smallest absolute Gasteiger partial charge is 0.254 e. The fraction of sp³-hybridized carbons (Fsp3) is 0.350. The van der Waals surface area contributed by atoms with Gasteiger partial charge < -0.3 is 20.3 Å². The van der Waals surface area contributed by atoms with E-state index in [1.54, 1.807) is 32.4 Å². The number of ether oxygens (including phenoxy) is 1. The number of carbonyl (C=O) groups is 2. The van der Waals surface area contributed by atoms with Gasteiger partial charge in [0.05, 0.1) is 5.56 Å². The van der Waals surface area contributed by atoms with Crippen LogP contribution in [0.4, 0.5) is 11.5 Å². The second-order valence-corrected chi connectivity index (χ2v) is 6.68. The van der Waals surface area contributed by atoms with E-state index in [2.05, 4.69) is 15.6 Å². The lowest BCUT2D eigenvalue weighted by Gasteiger charge is -2.12. The van der Waals surface area contributed by atoms with E-state index < -0.39 is 0 Å². The Labute approximate surface area is 158 Å². The lowest BCUT2D eigenvalue weighted by Crippen LogP contribution is -2.26. The zero-order chi connectivity index (χ0) is 19.2. The van der Waals surface area contributed by atoms with Gasteiger partial charge >= 0.3 is 0 Å². The molecule has 7 nitrogen and oxygen atoms in total. The first-order valence-corrected chi connectivity index (χ1v) is 8.96. The molecule has 2 aromatic rings. The topological polar surface area (TPSA) is 83.6 Å². The van der Waals surface area contributed by atoms with Gasteiger partial charge in [0.15, 0.2) is 0 Å². The molecule has 0 spiro atoms. The molecule has 0 saturated carbocycles. The molecule has 3 rings (SSSR count). The van der Waals surface area contributed by atoms with E-state index in [1.165, 1.54) is 4.90 Å². The van der Waals surface area contributed by atoms with Gasteiger partial charge in [-0.15, -0.1) is 0 Å². The molecule has 1 aromatic heterocycles. The fourth-order valence-electron chi connectivity index (χ4n) is 2.84. The number of amides is 2. The molecule has 1 aromatic carbocycles. The second kappa shape index (κ2) is 8.64. The molecule has 2 amide bonds. The summed E-state index contributed by atoms with van der Waals surface area (Å²) in [4.78, 5) is 29.8. The Bertz CT molecular complexity index is 799. The summed E-state index contributed by atoms with van der Waals surface area (Å²) in [5.41, 5.74) is 2.30. The standard InChI is InChI=1S/C20H24N4O3/c1-24(2)20(26)15-8-9-18(22-13-15)21-12-14-5-3-6-16(11-14)23-19(25)17-7-4-10-27-17/h3,5-6,8-9,11,13,17H,4,7,10,12H2,1-2H3,(H,21,22)(H,23,25)/t17-/m1/s1. The first kappa shape index (κ1) is 18.8. The highest BCUT2D eigenvalue weighted by Gasteiger charge is 2.23. The molecule has 1 fully saturated rings. The third-order valence-electron chi connectivity index (χ3n) is 4.31. The quantitative estimate of drug-likeness (QED) is 0.819. The van der Waals surface area contributed by atoms with Crippen LogP contribution < -0.4 is 10.6 Å². The largest absolute Gasteiger partial charge is 0.368 e. The molecule has 27 heavy (non-hydrogen) atoms. The summed E-state index contributed by atoms with van der Waals surface area (Å²) in [5.74, 6) is 0.503. The van der Waals surface area contributed by atoms with Gasteiger partial charge in [0, 0.05) is 39.1 Å². The number of nitrogens with zero attached hydrogens (tertiary/aromatic N) is 2. The lowest BCUT2D eigenvalue weighted by atomic mass is 10.2. The summed E-state index contributed by atoms with van der Waals surface area (Å²) in [5, 5.41) is 6.12. The van der Waals surface area contributed by atoms with Crippen LogP contribution in [-0.2, 0) is 16.1 Å². The molecule has 2 heterocycles. The van der Waals surface area contributed by atoms with Crippen LogP contribution in [0, 0.1) is 0 Å². The molecule has 0 aliphatic carbocycles. The van der Waals surface area contributed by atoms with Crippen molar-refractivity contribution in [3.8, 4) is 0 Å². The highest BCUT2D eigenvalue weighted by atomic mass is 16.5. The molecule has 1 aliphatic rings. The van der Waals surface area contributed by atoms with E-state index in [1.807, 2.05) is 24.3 Å². The number of hydrogen-bond acceptors (Lipinski definition) is 5. The predicted octanol–water partition coefficient (Wildman–Crippen LogP) is 2.51. The van der Waals surface area contributed by atoms with Gasteiger partial charge in [0.2, 0.25) is 0 Å². The minimum absolute atomic E-state index is 0.0799.